The zero-order valence-electron chi connectivity index (χ0n) is 23.2. The predicted octanol–water partition coefficient (Wildman–Crippen LogP) is 6.30. The van der Waals surface area contributed by atoms with Crippen LogP contribution < -0.4 is 5.32 Å². The van der Waals surface area contributed by atoms with Crippen molar-refractivity contribution in [3.63, 3.8) is 0 Å². The van der Waals surface area contributed by atoms with Gasteiger partial charge in [0.15, 0.2) is 0 Å². The largest absolute Gasteiger partial charge is 0.466 e. The molecular formula is C32H46N2O4. The van der Waals surface area contributed by atoms with Crippen LogP contribution in [0.3, 0.4) is 0 Å². The van der Waals surface area contributed by atoms with E-state index < -0.39 is 5.97 Å². The molecule has 6 heteroatoms. The molecular weight excluding hydrogens is 476 g/mol. The van der Waals surface area contributed by atoms with Gasteiger partial charge < -0.3 is 15.0 Å². The maximum atomic E-state index is 12.2. The number of piperidine rings is 1. The lowest BCUT2D eigenvalue weighted by Gasteiger charge is -2.31. The summed E-state index contributed by atoms with van der Waals surface area (Å²) in [7, 11) is 1.27. The molecule has 0 saturated carbocycles. The standard InChI is InChI=1S/C32H46N2O4/c1-3-4-5-6-7-8-9-10-11-12-13-14-15-16-17-18-19-20-21-22-30(35)33-29-25-27-34(28-26-29)31(36)23-24-32(37)38-2/h4-5,7-8,10-11,13-14,16-17,19-20,23-24,29H,3,6,9,12,15,18,21-22,25-28H2,1-2H3,(H,33,35)/b5-4-,8-7-,11-10-,14-13-,17-16-,20-19-,24-23+. The number of methoxy groups -OCH3 is 1. The quantitative estimate of drug-likeness (QED) is 0.138. The topological polar surface area (TPSA) is 75.7 Å². The molecule has 1 heterocycles. The summed E-state index contributed by atoms with van der Waals surface area (Å²) < 4.78 is 4.49. The van der Waals surface area contributed by atoms with Crippen molar-refractivity contribution in [1.82, 2.24) is 10.2 Å². The first-order valence-electron chi connectivity index (χ1n) is 13.8. The molecule has 1 fully saturated rings. The van der Waals surface area contributed by atoms with Gasteiger partial charge >= 0.3 is 5.97 Å². The Labute approximate surface area is 229 Å². The van der Waals surface area contributed by atoms with Gasteiger partial charge in [-0.3, -0.25) is 9.59 Å². The molecule has 6 nitrogen and oxygen atoms in total. The summed E-state index contributed by atoms with van der Waals surface area (Å²) >= 11 is 0. The fourth-order valence-electron chi connectivity index (χ4n) is 3.71. The van der Waals surface area contributed by atoms with Crippen LogP contribution in [-0.4, -0.2) is 48.9 Å². The number of nitrogens with one attached hydrogen (secondary N) is 1. The van der Waals surface area contributed by atoms with Gasteiger partial charge in [0.1, 0.15) is 0 Å². The minimum absolute atomic E-state index is 0.0416. The van der Waals surface area contributed by atoms with E-state index in [4.69, 9.17) is 0 Å². The van der Waals surface area contributed by atoms with Crippen molar-refractivity contribution in [3.05, 3.63) is 85.1 Å². The number of allylic oxidation sites excluding steroid dienone is 12. The van der Waals surface area contributed by atoms with E-state index >= 15 is 0 Å². The van der Waals surface area contributed by atoms with Crippen LogP contribution in [0.4, 0.5) is 0 Å². The monoisotopic (exact) mass is 522 g/mol. The summed E-state index contributed by atoms with van der Waals surface area (Å²) in [6.45, 7) is 3.26. The first-order valence-corrected chi connectivity index (χ1v) is 13.8. The molecule has 0 atom stereocenters. The molecule has 38 heavy (non-hydrogen) atoms. The molecule has 2 amide bonds. The Kier molecular flexibility index (Phi) is 19.5. The lowest BCUT2D eigenvalue weighted by atomic mass is 10.0. The van der Waals surface area contributed by atoms with E-state index in [-0.39, 0.29) is 17.9 Å². The summed E-state index contributed by atoms with van der Waals surface area (Å²) in [6.07, 6.45) is 36.8. The molecule has 0 unspecified atom stereocenters. The molecule has 1 aliphatic heterocycles. The first kappa shape index (κ1) is 32.6. The SMILES string of the molecule is CC/C=C\C/C=C\C/C=C\C/C=C\C/C=C\C/C=C\CCC(=O)NC1CCN(C(=O)/C=C/C(=O)OC)CC1. The molecule has 0 spiro atoms. The van der Waals surface area contributed by atoms with Crippen LogP contribution in [0.5, 0.6) is 0 Å². The van der Waals surface area contributed by atoms with Crippen molar-refractivity contribution in [2.75, 3.05) is 20.2 Å². The number of rotatable bonds is 17. The van der Waals surface area contributed by atoms with E-state index in [0.29, 0.717) is 38.8 Å². The molecule has 0 bridgehead atoms. The molecule has 0 aromatic heterocycles. The van der Waals surface area contributed by atoms with Crippen LogP contribution in [0.1, 0.15) is 71.1 Å². The predicted molar refractivity (Wildman–Crippen MR) is 156 cm³/mol. The highest BCUT2D eigenvalue weighted by atomic mass is 16.5. The summed E-state index contributed by atoms with van der Waals surface area (Å²) in [5.41, 5.74) is 0. The van der Waals surface area contributed by atoms with Gasteiger partial charge in [-0.2, -0.15) is 0 Å². The van der Waals surface area contributed by atoms with Crippen LogP contribution in [0.2, 0.25) is 0 Å². The minimum Gasteiger partial charge on any atom is -0.466 e. The molecule has 0 radical (unpaired) electrons. The van der Waals surface area contributed by atoms with Crippen molar-refractivity contribution in [1.29, 1.82) is 0 Å². The van der Waals surface area contributed by atoms with Crippen molar-refractivity contribution in [2.24, 2.45) is 0 Å². The Morgan fingerprint density at radius 2 is 1.21 bits per heavy atom. The van der Waals surface area contributed by atoms with E-state index in [1.54, 1.807) is 4.90 Å². The van der Waals surface area contributed by atoms with E-state index in [2.05, 4.69) is 83.8 Å². The molecule has 0 aromatic carbocycles. The Morgan fingerprint density at radius 1 is 0.737 bits per heavy atom. The fourth-order valence-corrected chi connectivity index (χ4v) is 3.71. The zero-order chi connectivity index (χ0) is 27.7. The number of carbonyl (C=O) groups is 3. The maximum Gasteiger partial charge on any atom is 0.330 e. The molecule has 0 aliphatic carbocycles. The highest BCUT2D eigenvalue weighted by Gasteiger charge is 2.22. The smallest absolute Gasteiger partial charge is 0.330 e. The average molecular weight is 523 g/mol. The lowest BCUT2D eigenvalue weighted by Crippen LogP contribution is -2.46. The van der Waals surface area contributed by atoms with Crippen molar-refractivity contribution in [3.8, 4) is 0 Å². The number of hydrogen-bond acceptors (Lipinski definition) is 4. The van der Waals surface area contributed by atoms with Gasteiger partial charge in [0.2, 0.25) is 11.8 Å². The van der Waals surface area contributed by atoms with Gasteiger partial charge in [-0.25, -0.2) is 4.79 Å². The van der Waals surface area contributed by atoms with E-state index in [1.807, 2.05) is 6.08 Å². The lowest BCUT2D eigenvalue weighted by molar-refractivity contribution is -0.135. The summed E-state index contributed by atoms with van der Waals surface area (Å²) in [5.74, 6) is -0.717. The second kappa shape index (κ2) is 22.8. The van der Waals surface area contributed by atoms with Crippen LogP contribution in [0, 0.1) is 0 Å². The molecule has 1 N–H and O–H groups in total. The molecule has 1 aliphatic rings. The normalized spacial score (nSPS) is 15.5. The average Bonchev–Trinajstić information content (AvgIpc) is 2.93. The van der Waals surface area contributed by atoms with Crippen LogP contribution >= 0.6 is 0 Å². The van der Waals surface area contributed by atoms with Crippen LogP contribution in [0.25, 0.3) is 0 Å². The molecule has 1 saturated heterocycles. The molecule has 0 aromatic rings. The number of nitrogens with zero attached hydrogens (tertiary/aromatic N) is 1. The summed E-state index contributed by atoms with van der Waals surface area (Å²) in [4.78, 5) is 37.1. The van der Waals surface area contributed by atoms with E-state index in [0.717, 1.165) is 44.6 Å². The second-order valence-corrected chi connectivity index (χ2v) is 8.98. The summed E-state index contributed by atoms with van der Waals surface area (Å²) in [5, 5.41) is 3.06. The van der Waals surface area contributed by atoms with Gasteiger partial charge in [-0.15, -0.1) is 0 Å². The van der Waals surface area contributed by atoms with Gasteiger partial charge in [0.25, 0.3) is 0 Å². The Morgan fingerprint density at radius 3 is 1.68 bits per heavy atom. The van der Waals surface area contributed by atoms with Gasteiger partial charge in [0.05, 0.1) is 7.11 Å². The van der Waals surface area contributed by atoms with Crippen LogP contribution in [0.15, 0.2) is 85.1 Å². The number of amides is 2. The highest BCUT2D eigenvalue weighted by Crippen LogP contribution is 2.11. The third-order valence-corrected chi connectivity index (χ3v) is 5.87. The van der Waals surface area contributed by atoms with Crippen LogP contribution in [-0.2, 0) is 19.1 Å². The third-order valence-electron chi connectivity index (χ3n) is 5.87. The van der Waals surface area contributed by atoms with E-state index in [1.165, 1.54) is 13.2 Å². The third kappa shape index (κ3) is 17.9. The zero-order valence-corrected chi connectivity index (χ0v) is 23.2. The molecule has 1 rings (SSSR count). The Hall–Kier alpha value is -3.41. The first-order chi connectivity index (χ1) is 18.6. The second-order valence-electron chi connectivity index (χ2n) is 8.98. The maximum absolute atomic E-state index is 12.2. The number of carbonyl (C=O) groups excluding carboxylic acids is 3. The molecule has 208 valence electrons. The van der Waals surface area contributed by atoms with Crippen molar-refractivity contribution in [2.45, 2.75) is 77.2 Å². The number of likely N-dealkylation sites (tertiary alicyclic amines) is 1. The highest BCUT2D eigenvalue weighted by molar-refractivity contribution is 5.94. The Bertz CT molecular complexity index is 885. The van der Waals surface area contributed by atoms with Crippen molar-refractivity contribution < 1.29 is 19.1 Å². The van der Waals surface area contributed by atoms with E-state index in [9.17, 15) is 14.4 Å². The number of esters is 1. The fraction of sp³-hybridized carbons (Fsp3) is 0.469. The van der Waals surface area contributed by atoms with Gasteiger partial charge in [-0.1, -0.05) is 79.8 Å². The minimum atomic E-state index is -0.549. The Balaban J connectivity index is 2.05. The van der Waals surface area contributed by atoms with Gasteiger partial charge in [-0.05, 0) is 57.8 Å². The van der Waals surface area contributed by atoms with Crippen molar-refractivity contribution >= 4 is 17.8 Å². The number of hydrogen-bond donors (Lipinski definition) is 1. The van der Waals surface area contributed by atoms with Gasteiger partial charge in [0, 0.05) is 37.7 Å². The number of ether oxygens (including phenoxy) is 1. The summed E-state index contributed by atoms with van der Waals surface area (Å²) in [6, 6.07) is 0.0846.